The summed E-state index contributed by atoms with van der Waals surface area (Å²) in [7, 11) is 1.71. The third-order valence-electron chi connectivity index (χ3n) is 1.51. The fourth-order valence-electron chi connectivity index (χ4n) is 0.828. The maximum atomic E-state index is 5.08. The van der Waals surface area contributed by atoms with Crippen LogP contribution >= 0.6 is 0 Å². The molecule has 0 heterocycles. The van der Waals surface area contributed by atoms with Gasteiger partial charge in [-0.2, -0.15) is 11.6 Å². The van der Waals surface area contributed by atoms with Gasteiger partial charge in [0.25, 0.3) is 0 Å². The first-order valence-corrected chi connectivity index (χ1v) is 3.14. The Morgan fingerprint density at radius 1 is 1.70 bits per heavy atom. The van der Waals surface area contributed by atoms with Crippen molar-refractivity contribution in [2.75, 3.05) is 7.11 Å². The van der Waals surface area contributed by atoms with Crippen LogP contribution in [0, 0.1) is 6.08 Å². The van der Waals surface area contributed by atoms with E-state index in [1.54, 1.807) is 7.11 Å². The topological polar surface area (TPSA) is 9.23 Å². The average molecular weight is 214 g/mol. The summed E-state index contributed by atoms with van der Waals surface area (Å²) in [5.41, 5.74) is 1.18. The van der Waals surface area contributed by atoms with Crippen LogP contribution in [-0.4, -0.2) is 13.2 Å². The summed E-state index contributed by atoms with van der Waals surface area (Å²) in [5.74, 6) is 0. The molecule has 0 aromatic rings. The van der Waals surface area contributed by atoms with Crippen LogP contribution in [0.25, 0.3) is 0 Å². The van der Waals surface area contributed by atoms with E-state index in [1.165, 1.54) is 5.57 Å². The SMILES string of the molecule is COC(C)C1=[C-]CC=C1.[Zr]. The Morgan fingerprint density at radius 2 is 2.40 bits per heavy atom. The van der Waals surface area contributed by atoms with Gasteiger partial charge < -0.3 is 4.74 Å². The molecule has 0 aromatic heterocycles. The van der Waals surface area contributed by atoms with Gasteiger partial charge in [-0.3, -0.25) is 6.08 Å². The van der Waals surface area contributed by atoms with Gasteiger partial charge in [0.05, 0.1) is 0 Å². The first-order valence-electron chi connectivity index (χ1n) is 3.14. The number of ether oxygens (including phenoxy) is 1. The fourth-order valence-corrected chi connectivity index (χ4v) is 0.828. The molecular weight excluding hydrogens is 203 g/mol. The van der Waals surface area contributed by atoms with Crippen molar-refractivity contribution in [3.05, 3.63) is 23.8 Å². The molecule has 0 bridgehead atoms. The van der Waals surface area contributed by atoms with Crippen molar-refractivity contribution in [2.45, 2.75) is 19.4 Å². The summed E-state index contributed by atoms with van der Waals surface area (Å²) in [6, 6.07) is 0. The van der Waals surface area contributed by atoms with Gasteiger partial charge >= 0.3 is 0 Å². The molecule has 1 aliphatic rings. The van der Waals surface area contributed by atoms with Gasteiger partial charge in [0.1, 0.15) is 0 Å². The minimum atomic E-state index is 0. The molecule has 0 N–H and O–H groups in total. The summed E-state index contributed by atoms with van der Waals surface area (Å²) in [6.07, 6.45) is 8.50. The van der Waals surface area contributed by atoms with E-state index in [0.29, 0.717) is 0 Å². The first-order chi connectivity index (χ1) is 4.34. The molecule has 1 unspecified atom stereocenters. The predicted molar refractivity (Wildman–Crippen MR) is 37.0 cm³/mol. The number of rotatable bonds is 2. The van der Waals surface area contributed by atoms with Gasteiger partial charge in [-0.15, -0.1) is 6.42 Å². The maximum absolute atomic E-state index is 5.08. The minimum Gasteiger partial charge on any atom is -0.380 e. The summed E-state index contributed by atoms with van der Waals surface area (Å²) in [4.78, 5) is 0. The first kappa shape index (κ1) is 10.3. The van der Waals surface area contributed by atoms with Crippen LogP contribution in [-0.2, 0) is 30.9 Å². The minimum absolute atomic E-state index is 0. The second-order valence-corrected chi connectivity index (χ2v) is 2.12. The van der Waals surface area contributed by atoms with Crippen LogP contribution in [0.5, 0.6) is 0 Å². The fraction of sp³-hybridized carbons (Fsp3) is 0.500. The molecule has 10 heavy (non-hydrogen) atoms. The molecule has 0 saturated heterocycles. The van der Waals surface area contributed by atoms with Crippen LogP contribution in [0.4, 0.5) is 0 Å². The third kappa shape index (κ3) is 2.51. The Morgan fingerprint density at radius 3 is 2.80 bits per heavy atom. The number of methoxy groups -OCH3 is 1. The molecule has 0 amide bonds. The molecule has 0 aromatic carbocycles. The standard InChI is InChI=1S/C8H11O.Zr/c1-7(9-2)8-5-3-4-6-8;/h3,5,7H,4H2,1-2H3;/q-1;. The van der Waals surface area contributed by atoms with E-state index in [4.69, 9.17) is 4.74 Å². The van der Waals surface area contributed by atoms with Crippen molar-refractivity contribution >= 4 is 0 Å². The zero-order valence-electron chi connectivity index (χ0n) is 6.35. The summed E-state index contributed by atoms with van der Waals surface area (Å²) in [5, 5.41) is 0. The van der Waals surface area contributed by atoms with E-state index in [-0.39, 0.29) is 32.3 Å². The molecule has 0 spiro atoms. The van der Waals surface area contributed by atoms with Crippen LogP contribution < -0.4 is 0 Å². The van der Waals surface area contributed by atoms with Crippen LogP contribution in [0.1, 0.15) is 13.3 Å². The van der Waals surface area contributed by atoms with Gasteiger partial charge in [0.15, 0.2) is 0 Å². The molecule has 1 nitrogen and oxygen atoms in total. The molecule has 0 aliphatic heterocycles. The van der Waals surface area contributed by atoms with Crippen molar-refractivity contribution in [1.82, 2.24) is 0 Å². The van der Waals surface area contributed by atoms with E-state index in [9.17, 15) is 0 Å². The summed E-state index contributed by atoms with van der Waals surface area (Å²) in [6.45, 7) is 2.03. The van der Waals surface area contributed by atoms with Crippen LogP contribution in [0.15, 0.2) is 17.7 Å². The van der Waals surface area contributed by atoms with Gasteiger partial charge in [0.2, 0.25) is 0 Å². The smallest absolute Gasteiger partial charge is 0.0463 e. The largest absolute Gasteiger partial charge is 0.380 e. The van der Waals surface area contributed by atoms with E-state index < -0.39 is 0 Å². The van der Waals surface area contributed by atoms with Crippen molar-refractivity contribution in [3.8, 4) is 0 Å². The Bertz CT molecular complexity index is 149. The van der Waals surface area contributed by atoms with Crippen molar-refractivity contribution in [2.24, 2.45) is 0 Å². The predicted octanol–water partition coefficient (Wildman–Crippen LogP) is 1.71. The van der Waals surface area contributed by atoms with Crippen molar-refractivity contribution in [3.63, 3.8) is 0 Å². The summed E-state index contributed by atoms with van der Waals surface area (Å²) < 4.78 is 5.08. The number of allylic oxidation sites excluding steroid dienone is 2. The molecule has 0 saturated carbocycles. The van der Waals surface area contributed by atoms with Crippen molar-refractivity contribution in [1.29, 1.82) is 0 Å². The summed E-state index contributed by atoms with van der Waals surface area (Å²) >= 11 is 0. The van der Waals surface area contributed by atoms with Gasteiger partial charge in [-0.25, -0.2) is 6.08 Å². The van der Waals surface area contributed by atoms with Gasteiger partial charge in [-0.1, -0.05) is 0 Å². The van der Waals surface area contributed by atoms with Crippen LogP contribution in [0.2, 0.25) is 0 Å². The molecule has 0 radical (unpaired) electrons. The van der Waals surface area contributed by atoms with E-state index in [1.807, 2.05) is 6.92 Å². The molecular formula is C8H11OZr-. The quantitative estimate of drug-likeness (QED) is 0.636. The molecule has 1 atom stereocenters. The van der Waals surface area contributed by atoms with Gasteiger partial charge in [-0.05, 0) is 6.92 Å². The zero-order valence-corrected chi connectivity index (χ0v) is 8.81. The molecule has 1 aliphatic carbocycles. The Kier molecular flexibility index (Phi) is 5.20. The normalized spacial score (nSPS) is 18.0. The monoisotopic (exact) mass is 213 g/mol. The maximum Gasteiger partial charge on any atom is 0.0463 e. The molecule has 2 heteroatoms. The van der Waals surface area contributed by atoms with Crippen molar-refractivity contribution < 1.29 is 30.9 Å². The van der Waals surface area contributed by atoms with E-state index in [0.717, 1.165) is 6.42 Å². The number of hydrogen-bond acceptors (Lipinski definition) is 1. The van der Waals surface area contributed by atoms with Gasteiger partial charge in [0, 0.05) is 39.4 Å². The van der Waals surface area contributed by atoms with E-state index in [2.05, 4.69) is 18.2 Å². The molecule has 1 rings (SSSR count). The van der Waals surface area contributed by atoms with E-state index >= 15 is 0 Å². The Labute approximate surface area is 81.3 Å². The second-order valence-electron chi connectivity index (χ2n) is 2.12. The zero-order chi connectivity index (χ0) is 6.69. The molecule has 54 valence electrons. The average Bonchev–Trinajstić information content (AvgIpc) is 2.37. The Hall–Kier alpha value is 0.323. The Balaban J connectivity index is 0.000000810. The number of hydrogen-bond donors (Lipinski definition) is 0. The third-order valence-corrected chi connectivity index (χ3v) is 1.51. The molecule has 0 fully saturated rings. The van der Waals surface area contributed by atoms with Crippen LogP contribution in [0.3, 0.4) is 0 Å². The second kappa shape index (κ2) is 5.04.